The number of nitrogens with two attached hydrogens (primary N) is 1. The zero-order valence-corrected chi connectivity index (χ0v) is 10.8. The lowest BCUT2D eigenvalue weighted by molar-refractivity contribution is 0.0802. The predicted molar refractivity (Wildman–Crippen MR) is 68.9 cm³/mol. The Balaban J connectivity index is 2.47. The summed E-state index contributed by atoms with van der Waals surface area (Å²) in [6.07, 6.45) is 2.02. The first kappa shape index (κ1) is 14.0. The van der Waals surface area contributed by atoms with Crippen molar-refractivity contribution < 1.29 is 9.47 Å². The summed E-state index contributed by atoms with van der Waals surface area (Å²) in [5.74, 6) is 6.39. The Labute approximate surface area is 103 Å². The van der Waals surface area contributed by atoms with Gasteiger partial charge in [-0.15, -0.1) is 0 Å². The molecule has 1 aromatic carbocycles. The third-order valence-corrected chi connectivity index (χ3v) is 3.06. The minimum Gasteiger partial charge on any atom is -0.497 e. The number of nitrogens with one attached hydrogen (secondary N) is 1. The molecule has 0 aliphatic carbocycles. The predicted octanol–water partition coefficient (Wildman–Crippen LogP) is 1.49. The number of benzene rings is 1. The molecule has 0 amide bonds. The first-order valence-electron chi connectivity index (χ1n) is 5.83. The number of rotatable bonds is 7. The normalized spacial score (nSPS) is 14.4. The Morgan fingerprint density at radius 3 is 2.35 bits per heavy atom. The van der Waals surface area contributed by atoms with Crippen LogP contribution in [-0.4, -0.2) is 26.4 Å². The van der Waals surface area contributed by atoms with Gasteiger partial charge in [0, 0.05) is 13.2 Å². The van der Waals surface area contributed by atoms with Crippen molar-refractivity contribution in [3.05, 3.63) is 29.8 Å². The summed E-state index contributed by atoms with van der Waals surface area (Å²) < 4.78 is 10.4. The SMILES string of the molecule is COc1ccc(CCC(NN)C(C)OC)cc1. The standard InChI is InChI=1S/C13H22N2O2/c1-10(16-2)13(15-14)9-6-11-4-7-12(17-3)8-5-11/h4-5,7-8,10,13,15H,6,9,14H2,1-3H3. The molecule has 96 valence electrons. The fraction of sp³-hybridized carbons (Fsp3) is 0.538. The molecule has 2 unspecified atom stereocenters. The van der Waals surface area contributed by atoms with Crippen molar-refractivity contribution in [3.8, 4) is 5.75 Å². The maximum Gasteiger partial charge on any atom is 0.118 e. The monoisotopic (exact) mass is 238 g/mol. The summed E-state index contributed by atoms with van der Waals surface area (Å²) in [7, 11) is 3.37. The van der Waals surface area contributed by atoms with E-state index in [0.717, 1.165) is 18.6 Å². The van der Waals surface area contributed by atoms with E-state index < -0.39 is 0 Å². The molecule has 0 spiro atoms. The zero-order chi connectivity index (χ0) is 12.7. The van der Waals surface area contributed by atoms with Crippen LogP contribution in [0.2, 0.25) is 0 Å². The van der Waals surface area contributed by atoms with Crippen LogP contribution in [0, 0.1) is 0 Å². The van der Waals surface area contributed by atoms with E-state index in [1.165, 1.54) is 5.56 Å². The quantitative estimate of drug-likeness (QED) is 0.558. The molecule has 0 radical (unpaired) electrons. The highest BCUT2D eigenvalue weighted by atomic mass is 16.5. The van der Waals surface area contributed by atoms with Crippen molar-refractivity contribution in [2.24, 2.45) is 5.84 Å². The van der Waals surface area contributed by atoms with Gasteiger partial charge in [-0.25, -0.2) is 0 Å². The van der Waals surface area contributed by atoms with E-state index in [2.05, 4.69) is 17.6 Å². The molecule has 0 aliphatic rings. The van der Waals surface area contributed by atoms with Crippen molar-refractivity contribution in [1.82, 2.24) is 5.43 Å². The number of aryl methyl sites for hydroxylation is 1. The van der Waals surface area contributed by atoms with Crippen LogP contribution in [-0.2, 0) is 11.2 Å². The number of methoxy groups -OCH3 is 2. The van der Waals surface area contributed by atoms with Crippen molar-refractivity contribution in [3.63, 3.8) is 0 Å². The summed E-state index contributed by atoms with van der Waals surface area (Å²) in [5, 5.41) is 0. The zero-order valence-electron chi connectivity index (χ0n) is 10.8. The first-order chi connectivity index (χ1) is 8.21. The average Bonchev–Trinajstić information content (AvgIpc) is 2.39. The van der Waals surface area contributed by atoms with Gasteiger partial charge in [0.15, 0.2) is 0 Å². The van der Waals surface area contributed by atoms with Crippen molar-refractivity contribution in [2.45, 2.75) is 31.9 Å². The van der Waals surface area contributed by atoms with Crippen molar-refractivity contribution in [1.29, 1.82) is 0 Å². The lowest BCUT2D eigenvalue weighted by atomic mass is 10.0. The average molecular weight is 238 g/mol. The number of hydrazine groups is 1. The van der Waals surface area contributed by atoms with E-state index in [-0.39, 0.29) is 12.1 Å². The topological polar surface area (TPSA) is 56.5 Å². The number of hydrogen-bond acceptors (Lipinski definition) is 4. The van der Waals surface area contributed by atoms with E-state index in [1.54, 1.807) is 14.2 Å². The minimum atomic E-state index is 0.109. The summed E-state index contributed by atoms with van der Waals surface area (Å²) in [5.41, 5.74) is 4.07. The third kappa shape index (κ3) is 4.34. The van der Waals surface area contributed by atoms with Crippen LogP contribution >= 0.6 is 0 Å². The van der Waals surface area contributed by atoms with Gasteiger partial charge in [0.05, 0.1) is 13.2 Å². The Bertz CT molecular complexity index is 314. The molecule has 17 heavy (non-hydrogen) atoms. The highest BCUT2D eigenvalue weighted by Crippen LogP contribution is 2.14. The lowest BCUT2D eigenvalue weighted by Crippen LogP contribution is -2.43. The van der Waals surface area contributed by atoms with Gasteiger partial charge in [-0.2, -0.15) is 0 Å². The van der Waals surface area contributed by atoms with Crippen molar-refractivity contribution in [2.75, 3.05) is 14.2 Å². The van der Waals surface area contributed by atoms with Crippen molar-refractivity contribution >= 4 is 0 Å². The van der Waals surface area contributed by atoms with Crippen LogP contribution in [0.4, 0.5) is 0 Å². The smallest absolute Gasteiger partial charge is 0.118 e. The van der Waals surface area contributed by atoms with E-state index in [1.807, 2.05) is 19.1 Å². The maximum absolute atomic E-state index is 5.51. The van der Waals surface area contributed by atoms with Crippen LogP contribution in [0.1, 0.15) is 18.9 Å². The van der Waals surface area contributed by atoms with Crippen LogP contribution in [0.5, 0.6) is 5.75 Å². The molecule has 4 heteroatoms. The van der Waals surface area contributed by atoms with Crippen LogP contribution in [0.25, 0.3) is 0 Å². The van der Waals surface area contributed by atoms with Gasteiger partial charge in [0.25, 0.3) is 0 Å². The van der Waals surface area contributed by atoms with Crippen LogP contribution in [0.3, 0.4) is 0 Å². The van der Waals surface area contributed by atoms with Gasteiger partial charge in [0.2, 0.25) is 0 Å². The van der Waals surface area contributed by atoms with Gasteiger partial charge in [-0.1, -0.05) is 12.1 Å². The summed E-state index contributed by atoms with van der Waals surface area (Å²) >= 11 is 0. The fourth-order valence-electron chi connectivity index (χ4n) is 1.73. The summed E-state index contributed by atoms with van der Waals surface area (Å²) in [6, 6.07) is 8.26. The molecule has 2 atom stereocenters. The molecule has 1 aromatic rings. The minimum absolute atomic E-state index is 0.109. The molecule has 0 heterocycles. The van der Waals surface area contributed by atoms with Gasteiger partial charge in [0.1, 0.15) is 5.75 Å². The molecule has 0 bridgehead atoms. The summed E-state index contributed by atoms with van der Waals surface area (Å²) in [4.78, 5) is 0. The molecule has 0 fully saturated rings. The van der Waals surface area contributed by atoms with E-state index in [0.29, 0.717) is 0 Å². The van der Waals surface area contributed by atoms with Gasteiger partial charge >= 0.3 is 0 Å². The lowest BCUT2D eigenvalue weighted by Gasteiger charge is -2.21. The number of ether oxygens (including phenoxy) is 2. The fourth-order valence-corrected chi connectivity index (χ4v) is 1.73. The molecule has 3 N–H and O–H groups in total. The second kappa shape index (κ2) is 7.27. The Morgan fingerprint density at radius 2 is 1.88 bits per heavy atom. The van der Waals surface area contributed by atoms with E-state index >= 15 is 0 Å². The third-order valence-electron chi connectivity index (χ3n) is 3.06. The molecular formula is C13H22N2O2. The molecule has 0 aliphatic heterocycles. The van der Waals surface area contributed by atoms with Gasteiger partial charge in [-0.05, 0) is 37.5 Å². The largest absolute Gasteiger partial charge is 0.497 e. The Hall–Kier alpha value is -1.10. The highest BCUT2D eigenvalue weighted by molar-refractivity contribution is 5.27. The molecule has 0 saturated carbocycles. The molecule has 0 aromatic heterocycles. The van der Waals surface area contributed by atoms with Crippen LogP contribution in [0.15, 0.2) is 24.3 Å². The molecule has 0 saturated heterocycles. The number of hydrogen-bond donors (Lipinski definition) is 2. The first-order valence-corrected chi connectivity index (χ1v) is 5.83. The molecule has 4 nitrogen and oxygen atoms in total. The van der Waals surface area contributed by atoms with Crippen LogP contribution < -0.4 is 16.0 Å². The second-order valence-electron chi connectivity index (χ2n) is 4.10. The molecular weight excluding hydrogens is 216 g/mol. The van der Waals surface area contributed by atoms with E-state index in [4.69, 9.17) is 15.3 Å². The summed E-state index contributed by atoms with van der Waals surface area (Å²) in [6.45, 7) is 2.01. The van der Waals surface area contributed by atoms with E-state index in [9.17, 15) is 0 Å². The maximum atomic E-state index is 5.51. The van der Waals surface area contributed by atoms with Gasteiger partial charge < -0.3 is 9.47 Å². The Kier molecular flexibility index (Phi) is 5.97. The molecule has 1 rings (SSSR count). The van der Waals surface area contributed by atoms with Gasteiger partial charge in [-0.3, -0.25) is 11.3 Å². The Morgan fingerprint density at radius 1 is 1.24 bits per heavy atom. The second-order valence-corrected chi connectivity index (χ2v) is 4.10. The highest BCUT2D eigenvalue weighted by Gasteiger charge is 2.14.